The number of carbonyl (C=O) groups excluding carboxylic acids is 1. The minimum Gasteiger partial charge on any atom is -0.347 e. The van der Waals surface area contributed by atoms with Crippen molar-refractivity contribution in [2.24, 2.45) is 7.05 Å². The molecule has 4 heteroatoms. The Labute approximate surface area is 92.7 Å². The fourth-order valence-corrected chi connectivity index (χ4v) is 2.42. The van der Waals surface area contributed by atoms with Gasteiger partial charge in [0.05, 0.1) is 12.1 Å². The Balaban J connectivity index is 2.40. The van der Waals surface area contributed by atoms with E-state index in [1.165, 1.54) is 0 Å². The van der Waals surface area contributed by atoms with E-state index in [1.807, 2.05) is 35.9 Å². The highest BCUT2D eigenvalue weighted by Gasteiger charge is 2.28. The van der Waals surface area contributed by atoms with Gasteiger partial charge in [-0.2, -0.15) is 0 Å². The van der Waals surface area contributed by atoms with Crippen LogP contribution in [0.5, 0.6) is 0 Å². The molecule has 4 nitrogen and oxygen atoms in total. The average molecular weight is 216 g/mol. The smallest absolute Gasteiger partial charge is 0.279 e. The highest BCUT2D eigenvalue weighted by molar-refractivity contribution is 6.08. The van der Waals surface area contributed by atoms with Gasteiger partial charge in [0.25, 0.3) is 5.91 Å². The van der Waals surface area contributed by atoms with Crippen molar-refractivity contribution in [2.75, 3.05) is 6.54 Å². The molecule has 82 valence electrons. The van der Waals surface area contributed by atoms with Crippen LogP contribution < -0.4 is 0 Å². The Hall–Kier alpha value is -1.81. The van der Waals surface area contributed by atoms with E-state index >= 15 is 0 Å². The Bertz CT molecular complexity index is 586. The summed E-state index contributed by atoms with van der Waals surface area (Å²) in [5, 5.41) is 11.2. The van der Waals surface area contributed by atoms with Crippen LogP contribution in [0.3, 0.4) is 0 Å². The summed E-state index contributed by atoms with van der Waals surface area (Å²) < 4.78 is 2.04. The van der Waals surface area contributed by atoms with Gasteiger partial charge < -0.3 is 4.57 Å². The molecule has 1 aliphatic heterocycles. The predicted molar refractivity (Wildman–Crippen MR) is 59.4 cm³/mol. The lowest BCUT2D eigenvalue weighted by Crippen LogP contribution is -2.34. The molecule has 2 aromatic rings. The van der Waals surface area contributed by atoms with Gasteiger partial charge in [0.15, 0.2) is 0 Å². The maximum absolute atomic E-state index is 11.9. The molecule has 1 amide bonds. The summed E-state index contributed by atoms with van der Waals surface area (Å²) in [5.74, 6) is -0.293. The van der Waals surface area contributed by atoms with Crippen molar-refractivity contribution in [2.45, 2.75) is 6.42 Å². The topological polar surface area (TPSA) is 45.5 Å². The first-order valence-electron chi connectivity index (χ1n) is 5.27. The van der Waals surface area contributed by atoms with Crippen LogP contribution in [-0.2, 0) is 13.5 Å². The highest BCUT2D eigenvalue weighted by Crippen LogP contribution is 2.29. The quantitative estimate of drug-likeness (QED) is 0.679. The fourth-order valence-electron chi connectivity index (χ4n) is 2.42. The Morgan fingerprint density at radius 1 is 1.31 bits per heavy atom. The Kier molecular flexibility index (Phi) is 1.82. The summed E-state index contributed by atoms with van der Waals surface area (Å²) in [6, 6.07) is 7.77. The Morgan fingerprint density at radius 3 is 2.88 bits per heavy atom. The summed E-state index contributed by atoms with van der Waals surface area (Å²) in [7, 11) is 1.96. The molecule has 1 aromatic heterocycles. The van der Waals surface area contributed by atoms with E-state index in [1.54, 1.807) is 0 Å². The van der Waals surface area contributed by atoms with E-state index < -0.39 is 0 Å². The van der Waals surface area contributed by atoms with Gasteiger partial charge in [0.1, 0.15) is 0 Å². The molecule has 0 saturated heterocycles. The molecule has 0 saturated carbocycles. The number of nitrogens with zero attached hydrogens (tertiary/aromatic N) is 2. The number of benzene rings is 1. The minimum atomic E-state index is -0.293. The SMILES string of the molecule is Cn1c2c(c3ccccc31)C(=O)N(O)CC2. The summed E-state index contributed by atoms with van der Waals surface area (Å²) in [6.07, 6.45) is 0.697. The summed E-state index contributed by atoms with van der Waals surface area (Å²) >= 11 is 0. The lowest BCUT2D eigenvalue weighted by molar-refractivity contribution is -0.0603. The monoisotopic (exact) mass is 216 g/mol. The molecule has 16 heavy (non-hydrogen) atoms. The molecule has 1 aliphatic rings. The number of fused-ring (bicyclic) bond motifs is 3. The number of carbonyl (C=O) groups is 1. The predicted octanol–water partition coefficient (Wildman–Crippen LogP) is 1.57. The maximum atomic E-state index is 11.9. The largest absolute Gasteiger partial charge is 0.347 e. The highest BCUT2D eigenvalue weighted by atomic mass is 16.5. The van der Waals surface area contributed by atoms with Crippen LogP contribution in [0.4, 0.5) is 0 Å². The Morgan fingerprint density at radius 2 is 2.06 bits per heavy atom. The zero-order valence-corrected chi connectivity index (χ0v) is 8.97. The van der Waals surface area contributed by atoms with E-state index in [9.17, 15) is 10.0 Å². The number of aromatic nitrogens is 1. The third-order valence-corrected chi connectivity index (χ3v) is 3.24. The average Bonchev–Trinajstić information content (AvgIpc) is 2.59. The lowest BCUT2D eigenvalue weighted by atomic mass is 10.1. The molecule has 0 fully saturated rings. The molecule has 0 aliphatic carbocycles. The van der Waals surface area contributed by atoms with Gasteiger partial charge >= 0.3 is 0 Å². The van der Waals surface area contributed by atoms with Gasteiger partial charge in [-0.1, -0.05) is 18.2 Å². The van der Waals surface area contributed by atoms with E-state index in [2.05, 4.69) is 0 Å². The second-order valence-corrected chi connectivity index (χ2v) is 4.08. The number of aryl methyl sites for hydroxylation is 1. The molecular formula is C12H12N2O2. The second kappa shape index (κ2) is 3.09. The molecule has 3 rings (SSSR count). The van der Waals surface area contributed by atoms with Crippen molar-refractivity contribution in [1.29, 1.82) is 0 Å². The molecule has 0 spiro atoms. The van der Waals surface area contributed by atoms with Crippen molar-refractivity contribution in [1.82, 2.24) is 9.63 Å². The van der Waals surface area contributed by atoms with Crippen molar-refractivity contribution in [3.63, 3.8) is 0 Å². The molecule has 0 bridgehead atoms. The van der Waals surface area contributed by atoms with Gasteiger partial charge in [-0.15, -0.1) is 0 Å². The third-order valence-electron chi connectivity index (χ3n) is 3.24. The summed E-state index contributed by atoms with van der Waals surface area (Å²) in [5.41, 5.74) is 2.69. The van der Waals surface area contributed by atoms with Crippen LogP contribution >= 0.6 is 0 Å². The van der Waals surface area contributed by atoms with Crippen molar-refractivity contribution >= 4 is 16.8 Å². The van der Waals surface area contributed by atoms with Crippen LogP contribution in [-0.4, -0.2) is 27.3 Å². The third kappa shape index (κ3) is 1.05. The minimum absolute atomic E-state index is 0.293. The van der Waals surface area contributed by atoms with Crippen molar-refractivity contribution in [3.8, 4) is 0 Å². The first-order valence-corrected chi connectivity index (χ1v) is 5.27. The van der Waals surface area contributed by atoms with Crippen LogP contribution in [0.2, 0.25) is 0 Å². The standard InChI is InChI=1S/C12H12N2O2/c1-13-9-5-3-2-4-8(9)11-10(13)6-7-14(16)12(11)15/h2-5,16H,6-7H2,1H3. The maximum Gasteiger partial charge on any atom is 0.279 e. The van der Waals surface area contributed by atoms with E-state index in [0.717, 1.165) is 21.7 Å². The van der Waals surface area contributed by atoms with Crippen LogP contribution in [0.25, 0.3) is 10.9 Å². The van der Waals surface area contributed by atoms with Crippen LogP contribution in [0.15, 0.2) is 24.3 Å². The molecule has 1 N–H and O–H groups in total. The summed E-state index contributed by atoms with van der Waals surface area (Å²) in [6.45, 7) is 0.371. The van der Waals surface area contributed by atoms with Gasteiger partial charge in [-0.3, -0.25) is 10.0 Å². The first kappa shape index (κ1) is 9.42. The number of amides is 1. The second-order valence-electron chi connectivity index (χ2n) is 4.08. The van der Waals surface area contributed by atoms with Gasteiger partial charge in [-0.05, 0) is 6.07 Å². The molecule has 0 radical (unpaired) electrons. The molecule has 1 aromatic carbocycles. The van der Waals surface area contributed by atoms with Crippen LogP contribution in [0.1, 0.15) is 16.1 Å². The van der Waals surface area contributed by atoms with E-state index in [4.69, 9.17) is 0 Å². The van der Waals surface area contributed by atoms with Gasteiger partial charge in [0, 0.05) is 30.1 Å². The molecule has 0 unspecified atom stereocenters. The number of hydrogen-bond acceptors (Lipinski definition) is 2. The fraction of sp³-hybridized carbons (Fsp3) is 0.250. The van der Waals surface area contributed by atoms with E-state index in [-0.39, 0.29) is 5.91 Å². The van der Waals surface area contributed by atoms with Crippen LogP contribution in [0, 0.1) is 0 Å². The van der Waals surface area contributed by atoms with Crippen molar-refractivity contribution < 1.29 is 10.0 Å². The number of para-hydroxylation sites is 1. The van der Waals surface area contributed by atoms with Crippen molar-refractivity contribution in [3.05, 3.63) is 35.5 Å². The van der Waals surface area contributed by atoms with Gasteiger partial charge in [-0.25, -0.2) is 5.06 Å². The van der Waals surface area contributed by atoms with E-state index in [0.29, 0.717) is 18.5 Å². The zero-order chi connectivity index (χ0) is 11.3. The normalized spacial score (nSPS) is 15.6. The first-order chi connectivity index (χ1) is 7.70. The number of hydrogen-bond donors (Lipinski definition) is 1. The van der Waals surface area contributed by atoms with Gasteiger partial charge in [0.2, 0.25) is 0 Å². The number of rotatable bonds is 0. The lowest BCUT2D eigenvalue weighted by Gasteiger charge is -2.21. The zero-order valence-electron chi connectivity index (χ0n) is 8.97. The molecule has 2 heterocycles. The molecular weight excluding hydrogens is 204 g/mol. The molecule has 0 atom stereocenters. The number of hydroxylamine groups is 2. The summed E-state index contributed by atoms with van der Waals surface area (Å²) in [4.78, 5) is 11.9.